The van der Waals surface area contributed by atoms with Crippen molar-refractivity contribution in [2.75, 3.05) is 5.32 Å². The maximum absolute atomic E-state index is 3.71. The second-order valence-corrected chi connectivity index (χ2v) is 5.07. The molecule has 0 aromatic heterocycles. The van der Waals surface area contributed by atoms with Gasteiger partial charge in [-0.2, -0.15) is 0 Å². The molecule has 1 N–H and O–H groups in total. The predicted octanol–water partition coefficient (Wildman–Crippen LogP) is 4.24. The fraction of sp³-hybridized carbons (Fsp3) is 0.600. The molecule has 16 heavy (non-hydrogen) atoms. The number of benzene rings is 1. The largest absolute Gasteiger partial charge is 0.382 e. The van der Waals surface area contributed by atoms with Gasteiger partial charge in [-0.1, -0.05) is 38.8 Å². The van der Waals surface area contributed by atoms with Crippen molar-refractivity contribution in [1.82, 2.24) is 0 Å². The van der Waals surface area contributed by atoms with E-state index in [-0.39, 0.29) is 0 Å². The maximum atomic E-state index is 3.71. The fourth-order valence-electron chi connectivity index (χ4n) is 2.63. The van der Waals surface area contributed by atoms with Crippen molar-refractivity contribution >= 4 is 5.69 Å². The van der Waals surface area contributed by atoms with E-state index in [1.807, 2.05) is 0 Å². The van der Waals surface area contributed by atoms with Gasteiger partial charge in [-0.25, -0.2) is 0 Å². The molecule has 0 amide bonds. The zero-order valence-corrected chi connectivity index (χ0v) is 10.5. The normalized spacial score (nSPS) is 25.4. The lowest BCUT2D eigenvalue weighted by Gasteiger charge is -2.30. The average Bonchev–Trinajstić information content (AvgIpc) is 2.32. The molecule has 2 rings (SSSR count). The van der Waals surface area contributed by atoms with Gasteiger partial charge in [0.05, 0.1) is 0 Å². The lowest BCUT2D eigenvalue weighted by molar-refractivity contribution is 0.349. The Kier molecular flexibility index (Phi) is 3.87. The summed E-state index contributed by atoms with van der Waals surface area (Å²) in [5, 5.41) is 3.71. The molecule has 1 aromatic carbocycles. The molecule has 88 valence electrons. The standard InChI is InChI=1S/C15H23N/c1-3-13-8-6-9-14(11-13)16-15-10-5-4-7-12(15)2/h6,8-9,11-12,15-16H,3-5,7,10H2,1-2H3. The molecule has 0 bridgehead atoms. The Balaban J connectivity index is 2.01. The van der Waals surface area contributed by atoms with Crippen LogP contribution in [0.2, 0.25) is 0 Å². The molecule has 1 heteroatoms. The Morgan fingerprint density at radius 1 is 1.25 bits per heavy atom. The Hall–Kier alpha value is -0.980. The van der Waals surface area contributed by atoms with E-state index < -0.39 is 0 Å². The van der Waals surface area contributed by atoms with Gasteiger partial charge >= 0.3 is 0 Å². The smallest absolute Gasteiger partial charge is 0.0345 e. The highest BCUT2D eigenvalue weighted by atomic mass is 14.9. The van der Waals surface area contributed by atoms with Crippen LogP contribution in [-0.2, 0) is 6.42 Å². The molecule has 1 aliphatic rings. The summed E-state index contributed by atoms with van der Waals surface area (Å²) in [5.41, 5.74) is 2.73. The monoisotopic (exact) mass is 217 g/mol. The minimum atomic E-state index is 0.681. The number of anilines is 1. The molecular weight excluding hydrogens is 194 g/mol. The predicted molar refractivity (Wildman–Crippen MR) is 70.9 cm³/mol. The number of rotatable bonds is 3. The van der Waals surface area contributed by atoms with Crippen LogP contribution in [0.1, 0.15) is 45.1 Å². The summed E-state index contributed by atoms with van der Waals surface area (Å²) in [4.78, 5) is 0. The maximum Gasteiger partial charge on any atom is 0.0345 e. The third-order valence-electron chi connectivity index (χ3n) is 3.80. The first-order valence-electron chi connectivity index (χ1n) is 6.65. The van der Waals surface area contributed by atoms with Crippen LogP contribution < -0.4 is 5.32 Å². The first-order valence-corrected chi connectivity index (χ1v) is 6.65. The number of hydrogen-bond donors (Lipinski definition) is 1. The topological polar surface area (TPSA) is 12.0 Å². The summed E-state index contributed by atoms with van der Waals surface area (Å²) < 4.78 is 0. The van der Waals surface area contributed by atoms with Crippen molar-refractivity contribution in [2.45, 2.75) is 52.0 Å². The molecule has 0 aliphatic heterocycles. The van der Waals surface area contributed by atoms with Gasteiger partial charge in [-0.15, -0.1) is 0 Å². The van der Waals surface area contributed by atoms with Crippen LogP contribution in [-0.4, -0.2) is 6.04 Å². The van der Waals surface area contributed by atoms with Gasteiger partial charge < -0.3 is 5.32 Å². The number of aryl methyl sites for hydroxylation is 1. The molecule has 0 saturated heterocycles. The van der Waals surface area contributed by atoms with Gasteiger partial charge in [-0.3, -0.25) is 0 Å². The quantitative estimate of drug-likeness (QED) is 0.798. The van der Waals surface area contributed by atoms with Crippen molar-refractivity contribution in [3.63, 3.8) is 0 Å². The zero-order chi connectivity index (χ0) is 11.4. The van der Waals surface area contributed by atoms with E-state index in [9.17, 15) is 0 Å². The van der Waals surface area contributed by atoms with E-state index in [2.05, 4.69) is 43.4 Å². The summed E-state index contributed by atoms with van der Waals surface area (Å²) in [5.74, 6) is 0.819. The molecule has 1 aromatic rings. The van der Waals surface area contributed by atoms with Crippen LogP contribution in [0, 0.1) is 5.92 Å². The van der Waals surface area contributed by atoms with Gasteiger partial charge in [0.15, 0.2) is 0 Å². The highest BCUT2D eigenvalue weighted by Gasteiger charge is 2.20. The molecule has 1 saturated carbocycles. The Morgan fingerprint density at radius 3 is 2.81 bits per heavy atom. The van der Waals surface area contributed by atoms with Crippen molar-refractivity contribution in [2.24, 2.45) is 5.92 Å². The lowest BCUT2D eigenvalue weighted by Crippen LogP contribution is -2.30. The molecule has 0 radical (unpaired) electrons. The van der Waals surface area contributed by atoms with E-state index >= 15 is 0 Å². The molecular formula is C15H23N. The third-order valence-corrected chi connectivity index (χ3v) is 3.80. The fourth-order valence-corrected chi connectivity index (χ4v) is 2.63. The van der Waals surface area contributed by atoms with E-state index in [1.54, 1.807) is 0 Å². The summed E-state index contributed by atoms with van der Waals surface area (Å²) in [6.45, 7) is 4.59. The molecule has 1 fully saturated rings. The van der Waals surface area contributed by atoms with Crippen LogP contribution in [0.3, 0.4) is 0 Å². The van der Waals surface area contributed by atoms with Crippen molar-refractivity contribution in [3.05, 3.63) is 29.8 Å². The van der Waals surface area contributed by atoms with Gasteiger partial charge in [0, 0.05) is 11.7 Å². The van der Waals surface area contributed by atoms with Gasteiger partial charge in [0.25, 0.3) is 0 Å². The second kappa shape index (κ2) is 5.38. The van der Waals surface area contributed by atoms with Crippen molar-refractivity contribution in [3.8, 4) is 0 Å². The minimum absolute atomic E-state index is 0.681. The van der Waals surface area contributed by atoms with Crippen LogP contribution in [0.15, 0.2) is 24.3 Å². The Morgan fingerprint density at radius 2 is 2.06 bits per heavy atom. The van der Waals surface area contributed by atoms with Gasteiger partial charge in [0.2, 0.25) is 0 Å². The third kappa shape index (κ3) is 2.78. The Bertz CT molecular complexity index is 332. The highest BCUT2D eigenvalue weighted by molar-refractivity contribution is 5.46. The van der Waals surface area contributed by atoms with E-state index in [4.69, 9.17) is 0 Å². The van der Waals surface area contributed by atoms with E-state index in [0.717, 1.165) is 12.3 Å². The molecule has 2 atom stereocenters. The van der Waals surface area contributed by atoms with Crippen LogP contribution in [0.4, 0.5) is 5.69 Å². The summed E-state index contributed by atoms with van der Waals surface area (Å²) in [6.07, 6.45) is 6.63. The summed E-state index contributed by atoms with van der Waals surface area (Å²) in [7, 11) is 0. The first kappa shape index (κ1) is 11.5. The average molecular weight is 217 g/mol. The van der Waals surface area contributed by atoms with Gasteiger partial charge in [0.1, 0.15) is 0 Å². The van der Waals surface area contributed by atoms with Crippen LogP contribution in [0.25, 0.3) is 0 Å². The van der Waals surface area contributed by atoms with Gasteiger partial charge in [-0.05, 0) is 42.9 Å². The molecule has 0 spiro atoms. The second-order valence-electron chi connectivity index (χ2n) is 5.07. The lowest BCUT2D eigenvalue weighted by atomic mass is 9.86. The van der Waals surface area contributed by atoms with Crippen molar-refractivity contribution < 1.29 is 0 Å². The molecule has 1 nitrogen and oxygen atoms in total. The molecule has 1 aliphatic carbocycles. The zero-order valence-electron chi connectivity index (χ0n) is 10.5. The molecule has 0 heterocycles. The number of hydrogen-bond acceptors (Lipinski definition) is 1. The molecule has 2 unspecified atom stereocenters. The van der Waals surface area contributed by atoms with Crippen molar-refractivity contribution in [1.29, 1.82) is 0 Å². The SMILES string of the molecule is CCc1cccc(NC2CCCCC2C)c1. The number of nitrogens with one attached hydrogen (secondary N) is 1. The van der Waals surface area contributed by atoms with E-state index in [0.29, 0.717) is 6.04 Å². The first-order chi connectivity index (χ1) is 7.79. The van der Waals surface area contributed by atoms with Crippen LogP contribution >= 0.6 is 0 Å². The highest BCUT2D eigenvalue weighted by Crippen LogP contribution is 2.27. The van der Waals surface area contributed by atoms with E-state index in [1.165, 1.54) is 36.9 Å². The summed E-state index contributed by atoms with van der Waals surface area (Å²) >= 11 is 0. The van der Waals surface area contributed by atoms with Crippen LogP contribution in [0.5, 0.6) is 0 Å². The summed E-state index contributed by atoms with van der Waals surface area (Å²) in [6, 6.07) is 9.53. The Labute approximate surface area is 99.3 Å². The minimum Gasteiger partial charge on any atom is -0.382 e.